The molecule has 0 aliphatic carbocycles. The third kappa shape index (κ3) is 2.10. The molecular weight excluding hydrogens is 248 g/mol. The third-order valence-corrected chi connectivity index (χ3v) is 3.87. The van der Waals surface area contributed by atoms with Crippen molar-refractivity contribution in [3.05, 3.63) is 29.2 Å². The van der Waals surface area contributed by atoms with E-state index in [4.69, 9.17) is 11.6 Å². The van der Waals surface area contributed by atoms with E-state index in [9.17, 15) is 0 Å². The number of hydrogen-bond acceptors (Lipinski definition) is 3. The van der Waals surface area contributed by atoms with Gasteiger partial charge in [0.1, 0.15) is 0 Å². The van der Waals surface area contributed by atoms with Crippen molar-refractivity contribution in [2.45, 2.75) is 32.2 Å². The fourth-order valence-corrected chi connectivity index (χ4v) is 2.83. The predicted molar refractivity (Wildman–Crippen MR) is 71.8 cm³/mol. The summed E-state index contributed by atoms with van der Waals surface area (Å²) < 4.78 is 1.81. The molecule has 2 aromatic rings. The van der Waals surface area contributed by atoms with Crippen LogP contribution >= 0.6 is 11.6 Å². The van der Waals surface area contributed by atoms with E-state index in [0.29, 0.717) is 11.1 Å². The van der Waals surface area contributed by atoms with Crippen molar-refractivity contribution in [1.29, 1.82) is 0 Å². The molecule has 1 atom stereocenters. The molecule has 0 saturated carbocycles. The zero-order chi connectivity index (χ0) is 12.5. The molecule has 0 bridgehead atoms. The molecule has 18 heavy (non-hydrogen) atoms. The van der Waals surface area contributed by atoms with Crippen LogP contribution in [0.4, 0.5) is 0 Å². The Morgan fingerprint density at radius 1 is 1.44 bits per heavy atom. The van der Waals surface area contributed by atoms with Crippen LogP contribution < -0.4 is 0 Å². The van der Waals surface area contributed by atoms with Crippen molar-refractivity contribution in [2.24, 2.45) is 0 Å². The van der Waals surface area contributed by atoms with E-state index in [2.05, 4.69) is 21.9 Å². The van der Waals surface area contributed by atoms with Crippen molar-refractivity contribution >= 4 is 17.2 Å². The van der Waals surface area contributed by atoms with Gasteiger partial charge in [0.05, 0.1) is 6.04 Å². The monoisotopic (exact) mass is 264 g/mol. The average molecular weight is 265 g/mol. The Morgan fingerprint density at radius 2 is 2.33 bits per heavy atom. The van der Waals surface area contributed by atoms with Crippen LogP contribution in [0, 0.1) is 0 Å². The first kappa shape index (κ1) is 11.9. The molecule has 96 valence electrons. The van der Waals surface area contributed by atoms with Crippen molar-refractivity contribution in [2.75, 3.05) is 13.1 Å². The Bertz CT molecular complexity index is 551. The maximum absolute atomic E-state index is 5.98. The first-order valence-electron chi connectivity index (χ1n) is 6.54. The predicted octanol–water partition coefficient (Wildman–Crippen LogP) is 2.93. The van der Waals surface area contributed by atoms with Gasteiger partial charge in [-0.15, -0.1) is 5.10 Å². The minimum Gasteiger partial charge on any atom is -0.294 e. The Labute approximate surface area is 112 Å². The number of likely N-dealkylation sites (tertiary alicyclic amines) is 1. The fourth-order valence-electron chi connectivity index (χ4n) is 2.68. The molecule has 0 aromatic carbocycles. The summed E-state index contributed by atoms with van der Waals surface area (Å²) in [6, 6.07) is 4.06. The number of hydrogen-bond donors (Lipinski definition) is 0. The molecule has 1 saturated heterocycles. The van der Waals surface area contributed by atoms with Crippen LogP contribution in [0.5, 0.6) is 0 Å². The largest absolute Gasteiger partial charge is 0.294 e. The van der Waals surface area contributed by atoms with E-state index >= 15 is 0 Å². The standard InChI is InChI=1S/C13H17ClN4/c1-2-17-7-4-3-5-11(17)13-15-12-9-10(14)6-8-18(12)16-13/h6,8-9,11H,2-5,7H2,1H3. The van der Waals surface area contributed by atoms with Gasteiger partial charge in [-0.2, -0.15) is 0 Å². The lowest BCUT2D eigenvalue weighted by atomic mass is 10.0. The van der Waals surface area contributed by atoms with Gasteiger partial charge in [-0.25, -0.2) is 9.50 Å². The van der Waals surface area contributed by atoms with E-state index in [1.165, 1.54) is 12.8 Å². The van der Waals surface area contributed by atoms with E-state index in [1.54, 1.807) is 0 Å². The number of fused-ring (bicyclic) bond motifs is 1. The van der Waals surface area contributed by atoms with Crippen molar-refractivity contribution in [3.8, 4) is 0 Å². The SMILES string of the molecule is CCN1CCCCC1c1nc2cc(Cl)ccn2n1. The van der Waals surface area contributed by atoms with Gasteiger partial charge in [-0.1, -0.05) is 24.9 Å². The highest BCUT2D eigenvalue weighted by Crippen LogP contribution is 2.28. The zero-order valence-electron chi connectivity index (χ0n) is 10.5. The summed E-state index contributed by atoms with van der Waals surface area (Å²) in [4.78, 5) is 7.08. The normalized spacial score (nSPS) is 21.6. The number of rotatable bonds is 2. The van der Waals surface area contributed by atoms with Gasteiger partial charge >= 0.3 is 0 Å². The molecule has 1 unspecified atom stereocenters. The minimum atomic E-state index is 0.363. The second-order valence-electron chi connectivity index (χ2n) is 4.76. The number of piperidine rings is 1. The van der Waals surface area contributed by atoms with Crippen LogP contribution in [0.1, 0.15) is 38.1 Å². The fraction of sp³-hybridized carbons (Fsp3) is 0.538. The molecule has 0 radical (unpaired) electrons. The Kier molecular flexibility index (Phi) is 3.22. The van der Waals surface area contributed by atoms with Crippen LogP contribution in [0.15, 0.2) is 18.3 Å². The van der Waals surface area contributed by atoms with E-state index in [0.717, 1.165) is 31.0 Å². The van der Waals surface area contributed by atoms with Crippen molar-refractivity contribution in [3.63, 3.8) is 0 Å². The van der Waals surface area contributed by atoms with E-state index in [1.807, 2.05) is 22.8 Å². The molecule has 1 fully saturated rings. The van der Waals surface area contributed by atoms with Crippen LogP contribution in [0.3, 0.4) is 0 Å². The number of aromatic nitrogens is 3. The summed E-state index contributed by atoms with van der Waals surface area (Å²) in [5.41, 5.74) is 0.833. The summed E-state index contributed by atoms with van der Waals surface area (Å²) in [7, 11) is 0. The summed E-state index contributed by atoms with van der Waals surface area (Å²) in [5, 5.41) is 5.29. The van der Waals surface area contributed by atoms with E-state index < -0.39 is 0 Å². The highest BCUT2D eigenvalue weighted by Gasteiger charge is 2.26. The van der Waals surface area contributed by atoms with Gasteiger partial charge in [0.2, 0.25) is 0 Å². The highest BCUT2D eigenvalue weighted by molar-refractivity contribution is 6.30. The Morgan fingerprint density at radius 3 is 3.17 bits per heavy atom. The second kappa shape index (κ2) is 4.86. The molecule has 0 amide bonds. The van der Waals surface area contributed by atoms with Crippen LogP contribution in [0.25, 0.3) is 5.65 Å². The van der Waals surface area contributed by atoms with Crippen LogP contribution in [0.2, 0.25) is 5.02 Å². The molecule has 5 heteroatoms. The Hall–Kier alpha value is -1.13. The quantitative estimate of drug-likeness (QED) is 0.836. The van der Waals surface area contributed by atoms with Crippen LogP contribution in [-0.2, 0) is 0 Å². The van der Waals surface area contributed by atoms with E-state index in [-0.39, 0.29) is 0 Å². The van der Waals surface area contributed by atoms with Crippen LogP contribution in [-0.4, -0.2) is 32.6 Å². The lowest BCUT2D eigenvalue weighted by Gasteiger charge is -2.32. The first-order chi connectivity index (χ1) is 8.78. The lowest BCUT2D eigenvalue weighted by Crippen LogP contribution is -2.33. The molecule has 4 nitrogen and oxygen atoms in total. The van der Waals surface area contributed by atoms with Crippen molar-refractivity contribution in [1.82, 2.24) is 19.5 Å². The summed E-state index contributed by atoms with van der Waals surface area (Å²) >= 11 is 5.98. The molecule has 1 aliphatic rings. The number of pyridine rings is 1. The van der Waals surface area contributed by atoms with Crippen molar-refractivity contribution < 1.29 is 0 Å². The maximum atomic E-state index is 5.98. The van der Waals surface area contributed by atoms with Gasteiger partial charge in [0.25, 0.3) is 0 Å². The summed E-state index contributed by atoms with van der Waals surface area (Å²) in [5.74, 6) is 0.929. The second-order valence-corrected chi connectivity index (χ2v) is 5.19. The van der Waals surface area contributed by atoms with Gasteiger partial charge in [-0.05, 0) is 32.0 Å². The highest BCUT2D eigenvalue weighted by atomic mass is 35.5. The van der Waals surface area contributed by atoms with Gasteiger partial charge in [0.15, 0.2) is 11.5 Å². The zero-order valence-corrected chi connectivity index (χ0v) is 11.3. The van der Waals surface area contributed by atoms with Gasteiger partial charge in [-0.3, -0.25) is 4.90 Å². The average Bonchev–Trinajstić information content (AvgIpc) is 2.81. The first-order valence-corrected chi connectivity index (χ1v) is 6.91. The number of nitrogens with zero attached hydrogens (tertiary/aromatic N) is 4. The van der Waals surface area contributed by atoms with Gasteiger partial charge < -0.3 is 0 Å². The number of halogens is 1. The van der Waals surface area contributed by atoms with Gasteiger partial charge in [0, 0.05) is 17.3 Å². The third-order valence-electron chi connectivity index (χ3n) is 3.63. The summed E-state index contributed by atoms with van der Waals surface area (Å²) in [6.45, 7) is 4.41. The molecule has 3 rings (SSSR count). The maximum Gasteiger partial charge on any atom is 0.168 e. The lowest BCUT2D eigenvalue weighted by molar-refractivity contribution is 0.150. The topological polar surface area (TPSA) is 33.4 Å². The molecule has 0 spiro atoms. The minimum absolute atomic E-state index is 0.363. The molecule has 0 N–H and O–H groups in total. The Balaban J connectivity index is 1.97. The molecular formula is C13H17ClN4. The summed E-state index contributed by atoms with van der Waals surface area (Å²) in [6.07, 6.45) is 5.56. The smallest absolute Gasteiger partial charge is 0.168 e. The molecule has 3 heterocycles. The molecule has 1 aliphatic heterocycles. The molecule has 2 aromatic heterocycles.